The van der Waals surface area contributed by atoms with Crippen LogP contribution in [-0.4, -0.2) is 15.1 Å². The van der Waals surface area contributed by atoms with Crippen LogP contribution < -0.4 is 34.0 Å². The first-order valence-electron chi connectivity index (χ1n) is 11.5. The molecule has 0 aliphatic carbocycles. The minimum atomic E-state index is 0. The van der Waals surface area contributed by atoms with E-state index in [1.165, 1.54) is 27.9 Å². The summed E-state index contributed by atoms with van der Waals surface area (Å²) in [7, 11) is 0. The first-order valence-corrected chi connectivity index (χ1v) is 12.0. The molecule has 2 rings (SSSR count). The van der Waals surface area contributed by atoms with Crippen LogP contribution in [0.1, 0.15) is 115 Å². The van der Waals surface area contributed by atoms with Gasteiger partial charge in [-0.2, -0.15) is 0 Å². The second kappa shape index (κ2) is 14.0. The molecule has 0 bridgehead atoms. The Hall–Kier alpha value is -0.766. The van der Waals surface area contributed by atoms with E-state index in [9.17, 15) is 0 Å². The second-order valence-corrected chi connectivity index (χ2v) is 10.2. The van der Waals surface area contributed by atoms with Crippen molar-refractivity contribution in [3.8, 4) is 0 Å². The van der Waals surface area contributed by atoms with Crippen LogP contribution in [0.4, 0.5) is 11.4 Å². The summed E-state index contributed by atoms with van der Waals surface area (Å²) in [6.07, 6.45) is 0. The van der Waals surface area contributed by atoms with Gasteiger partial charge in [0.15, 0.2) is 0 Å². The van der Waals surface area contributed by atoms with Crippen molar-refractivity contribution >= 4 is 22.8 Å². The molecule has 0 aromatic heterocycles. The van der Waals surface area contributed by atoms with Gasteiger partial charge in [-0.3, -0.25) is 0 Å². The van der Waals surface area contributed by atoms with Crippen molar-refractivity contribution in [2.75, 3.05) is 0 Å². The molecule has 0 saturated heterocycles. The SMILES string of the molecule is CC(=Nc1c(C(C)C)cccc1C(C)C)C(C)=[N+]([Ni+2])c1c(C(C)C)cccc1C(C)C.[Br-].[Br-]. The number of nitrogens with zero attached hydrogens (tertiary/aromatic N) is 2. The van der Waals surface area contributed by atoms with Crippen LogP contribution in [0.5, 0.6) is 0 Å². The number of benzene rings is 2. The van der Waals surface area contributed by atoms with Crippen LogP contribution in [0.3, 0.4) is 0 Å². The average molecular weight is 623 g/mol. The standard InChI is InChI=1S/C28H40N2.2BrH.Ni/c1-17(2)23-13-11-14-24(18(3)4)27(23)29-21(9)22(10)30-28-25(19(5)6)15-12-16-26(28)20(7)8;;;/h11-20H,1-10H3;2*1H;/q;;;+3/p-2. The second-order valence-electron chi connectivity index (χ2n) is 9.72. The maximum Gasteiger partial charge on any atom is -1.00 e. The summed E-state index contributed by atoms with van der Waals surface area (Å²) in [6.45, 7) is 22.1. The Morgan fingerprint density at radius 3 is 1.33 bits per heavy atom. The van der Waals surface area contributed by atoms with Crippen molar-refractivity contribution in [1.29, 1.82) is 0 Å². The third-order valence-electron chi connectivity index (χ3n) is 5.94. The fourth-order valence-corrected chi connectivity index (χ4v) is 4.33. The smallest absolute Gasteiger partial charge is 1.00 e. The van der Waals surface area contributed by atoms with Crippen LogP contribution in [0.25, 0.3) is 0 Å². The van der Waals surface area contributed by atoms with Crippen LogP contribution in [0.2, 0.25) is 0 Å². The molecule has 0 amide bonds. The monoisotopic (exact) mass is 620 g/mol. The summed E-state index contributed by atoms with van der Waals surface area (Å²) in [5.74, 6) is 1.65. The molecular formula is C28H40Br2N2Ni+. The van der Waals surface area contributed by atoms with Crippen LogP contribution in [0.15, 0.2) is 41.4 Å². The van der Waals surface area contributed by atoms with E-state index < -0.39 is 0 Å². The van der Waals surface area contributed by atoms with Gasteiger partial charge in [-0.1, -0.05) is 0 Å². The Morgan fingerprint density at radius 1 is 0.667 bits per heavy atom. The van der Waals surface area contributed by atoms with E-state index in [-0.39, 0.29) is 34.0 Å². The van der Waals surface area contributed by atoms with Gasteiger partial charge in [-0.25, -0.2) is 0 Å². The number of halogens is 2. The Labute approximate surface area is 231 Å². The Balaban J connectivity index is 0.00000512. The summed E-state index contributed by atoms with van der Waals surface area (Å²) in [5.41, 5.74) is 9.48. The van der Waals surface area contributed by atoms with Crippen LogP contribution in [0, 0.1) is 0 Å². The van der Waals surface area contributed by atoms with Gasteiger partial charge < -0.3 is 34.0 Å². The van der Waals surface area contributed by atoms with E-state index in [0.29, 0.717) is 23.7 Å². The fourth-order valence-electron chi connectivity index (χ4n) is 3.91. The Morgan fingerprint density at radius 2 is 1.00 bits per heavy atom. The molecule has 0 radical (unpaired) electrons. The van der Waals surface area contributed by atoms with Gasteiger partial charge in [-0.15, -0.1) is 0 Å². The molecule has 0 saturated carbocycles. The molecule has 0 N–H and O–H groups in total. The summed E-state index contributed by atoms with van der Waals surface area (Å²) < 4.78 is 1.98. The van der Waals surface area contributed by atoms with Crippen LogP contribution >= 0.6 is 0 Å². The van der Waals surface area contributed by atoms with E-state index in [1.807, 2.05) is 3.66 Å². The van der Waals surface area contributed by atoms with E-state index in [1.54, 1.807) is 0 Å². The van der Waals surface area contributed by atoms with Crippen molar-refractivity contribution in [3.05, 3.63) is 58.7 Å². The molecule has 0 unspecified atom stereocenters. The normalized spacial score (nSPS) is 12.8. The van der Waals surface area contributed by atoms with Gasteiger partial charge in [0.25, 0.3) is 0 Å². The predicted octanol–water partition coefficient (Wildman–Crippen LogP) is 2.55. The zero-order chi connectivity index (χ0) is 23.5. The van der Waals surface area contributed by atoms with Gasteiger partial charge >= 0.3 is 199 Å². The Kier molecular flexibility index (Phi) is 13.6. The van der Waals surface area contributed by atoms with Gasteiger partial charge in [0.1, 0.15) is 0 Å². The number of para-hydroxylation sites is 2. The van der Waals surface area contributed by atoms with Crippen LogP contribution in [-0.2, 0) is 15.7 Å². The molecule has 0 aliphatic heterocycles. The molecule has 2 aromatic rings. The number of hydrogen-bond donors (Lipinski definition) is 0. The summed E-state index contributed by atoms with van der Waals surface area (Å²) in [6, 6.07) is 13.1. The van der Waals surface area contributed by atoms with Gasteiger partial charge in [-0.05, 0) is 0 Å². The Bertz CT molecular complexity index is 937. The van der Waals surface area contributed by atoms with Gasteiger partial charge in [0.05, 0.1) is 0 Å². The zero-order valence-electron chi connectivity index (χ0n) is 21.7. The molecule has 0 spiro atoms. The minimum Gasteiger partial charge on any atom is -1.00 e. The molecular weight excluding hydrogens is 583 g/mol. The van der Waals surface area contributed by atoms with Gasteiger partial charge in [0.2, 0.25) is 0 Å². The summed E-state index contributed by atoms with van der Waals surface area (Å²) in [5, 5.41) is 0. The zero-order valence-corrected chi connectivity index (χ0v) is 25.9. The molecule has 0 atom stereocenters. The third-order valence-corrected chi connectivity index (χ3v) is 6.50. The largest absolute Gasteiger partial charge is 1.00 e. The number of hydrogen-bond acceptors (Lipinski definition) is 1. The summed E-state index contributed by atoms with van der Waals surface area (Å²) >= 11 is 5.63. The van der Waals surface area contributed by atoms with E-state index in [2.05, 4.69) is 106 Å². The molecule has 0 heterocycles. The predicted molar refractivity (Wildman–Crippen MR) is 133 cm³/mol. The van der Waals surface area contributed by atoms with Crippen molar-refractivity contribution in [3.63, 3.8) is 0 Å². The maximum absolute atomic E-state index is 5.63. The fraction of sp³-hybridized carbons (Fsp3) is 0.500. The molecule has 2 aromatic carbocycles. The number of rotatable bonds is 7. The average Bonchev–Trinajstić information content (AvgIpc) is 2.71. The van der Waals surface area contributed by atoms with Crippen molar-refractivity contribution in [2.24, 2.45) is 4.99 Å². The maximum atomic E-state index is 5.63. The first kappa shape index (κ1) is 32.2. The number of aliphatic imine (C=N–C) groups is 1. The van der Waals surface area contributed by atoms with Crippen molar-refractivity contribution in [1.82, 2.24) is 0 Å². The quantitative estimate of drug-likeness (QED) is 0.333. The molecule has 2 nitrogen and oxygen atoms in total. The topological polar surface area (TPSA) is 15.4 Å². The summed E-state index contributed by atoms with van der Waals surface area (Å²) in [4.78, 5) is 5.17. The van der Waals surface area contributed by atoms with Crippen molar-refractivity contribution in [2.45, 2.75) is 92.9 Å². The van der Waals surface area contributed by atoms with E-state index in [0.717, 1.165) is 17.1 Å². The third kappa shape index (κ3) is 7.61. The molecule has 185 valence electrons. The molecule has 5 heteroatoms. The molecule has 0 aliphatic rings. The van der Waals surface area contributed by atoms with Gasteiger partial charge in [0, 0.05) is 0 Å². The minimum absolute atomic E-state index is 0. The van der Waals surface area contributed by atoms with E-state index in [4.69, 9.17) is 20.7 Å². The van der Waals surface area contributed by atoms with E-state index >= 15 is 0 Å². The molecule has 33 heavy (non-hydrogen) atoms. The first-order chi connectivity index (χ1) is 14.5. The molecule has 0 fully saturated rings. The van der Waals surface area contributed by atoms with Crippen molar-refractivity contribution < 1.29 is 53.3 Å².